The third-order valence-electron chi connectivity index (χ3n) is 2.75. The summed E-state index contributed by atoms with van der Waals surface area (Å²) in [5.41, 5.74) is 6.22. The first-order chi connectivity index (χ1) is 10.0. The number of hydrogen-bond donors (Lipinski definition) is 2. The summed E-state index contributed by atoms with van der Waals surface area (Å²) in [6.07, 6.45) is 0. The Labute approximate surface area is 125 Å². The van der Waals surface area contributed by atoms with Gasteiger partial charge in [0.1, 0.15) is 5.75 Å². The molecule has 0 atom stereocenters. The minimum Gasteiger partial charge on any atom is -0.496 e. The second-order valence-electron chi connectivity index (χ2n) is 4.18. The number of nitrogens with two attached hydrogens (primary N) is 1. The van der Waals surface area contributed by atoms with Gasteiger partial charge in [-0.15, -0.1) is 0 Å². The van der Waals surface area contributed by atoms with Crippen LogP contribution in [0.2, 0.25) is 0 Å². The van der Waals surface area contributed by atoms with Crippen molar-refractivity contribution in [1.82, 2.24) is 4.72 Å². The van der Waals surface area contributed by atoms with Gasteiger partial charge in [0, 0.05) is 25.8 Å². The molecule has 3 N–H and O–H groups in total. The van der Waals surface area contributed by atoms with Crippen LogP contribution >= 0.6 is 0 Å². The molecule has 0 bridgehead atoms. The van der Waals surface area contributed by atoms with E-state index in [9.17, 15) is 8.42 Å². The molecule has 0 saturated heterocycles. The minimum absolute atomic E-state index is 0.153. The number of methoxy groups -OCH3 is 2. The minimum atomic E-state index is -3.58. The van der Waals surface area contributed by atoms with Gasteiger partial charge in [-0.1, -0.05) is 0 Å². The van der Waals surface area contributed by atoms with E-state index in [4.69, 9.17) is 19.9 Å². The van der Waals surface area contributed by atoms with Crippen LogP contribution in [-0.2, 0) is 26.0 Å². The van der Waals surface area contributed by atoms with Gasteiger partial charge in [0.15, 0.2) is 0 Å². The molecule has 0 fully saturated rings. The molecule has 8 heteroatoms. The Morgan fingerprint density at radius 3 is 2.57 bits per heavy atom. The largest absolute Gasteiger partial charge is 0.496 e. The average molecular weight is 318 g/mol. The van der Waals surface area contributed by atoms with Crippen LogP contribution in [0.4, 0.5) is 0 Å². The number of nitrogens with one attached hydrogen (secondary N) is 1. The van der Waals surface area contributed by atoms with Crippen molar-refractivity contribution in [1.29, 1.82) is 0 Å². The lowest BCUT2D eigenvalue weighted by atomic mass is 10.2. The van der Waals surface area contributed by atoms with Crippen LogP contribution in [0.3, 0.4) is 0 Å². The number of ether oxygens (including phenoxy) is 3. The Morgan fingerprint density at radius 1 is 1.19 bits per heavy atom. The predicted octanol–water partition coefficient (Wildman–Crippen LogP) is 0.0952. The Bertz CT molecular complexity index is 533. The zero-order chi connectivity index (χ0) is 15.7. The third kappa shape index (κ3) is 5.60. The molecule has 0 saturated carbocycles. The van der Waals surface area contributed by atoms with Crippen LogP contribution in [-0.4, -0.2) is 49.0 Å². The zero-order valence-corrected chi connectivity index (χ0v) is 13.1. The van der Waals surface area contributed by atoms with Crippen molar-refractivity contribution in [3.8, 4) is 5.75 Å². The van der Waals surface area contributed by atoms with Gasteiger partial charge < -0.3 is 19.9 Å². The van der Waals surface area contributed by atoms with E-state index in [1.54, 1.807) is 13.2 Å². The number of hydrogen-bond acceptors (Lipinski definition) is 6. The fourth-order valence-electron chi connectivity index (χ4n) is 1.66. The second kappa shape index (κ2) is 8.96. The Morgan fingerprint density at radius 2 is 1.95 bits per heavy atom. The molecule has 7 nitrogen and oxygen atoms in total. The predicted molar refractivity (Wildman–Crippen MR) is 78.8 cm³/mol. The molecule has 0 aliphatic rings. The average Bonchev–Trinajstić information content (AvgIpc) is 2.49. The van der Waals surface area contributed by atoms with Gasteiger partial charge in [0.25, 0.3) is 0 Å². The maximum Gasteiger partial charge on any atom is 0.240 e. The van der Waals surface area contributed by atoms with Crippen molar-refractivity contribution in [3.05, 3.63) is 23.8 Å². The summed E-state index contributed by atoms with van der Waals surface area (Å²) in [4.78, 5) is 0.153. The van der Waals surface area contributed by atoms with E-state index >= 15 is 0 Å². The van der Waals surface area contributed by atoms with Crippen LogP contribution in [0.25, 0.3) is 0 Å². The van der Waals surface area contributed by atoms with E-state index < -0.39 is 10.0 Å². The highest BCUT2D eigenvalue weighted by molar-refractivity contribution is 7.89. The van der Waals surface area contributed by atoms with Crippen LogP contribution in [0.15, 0.2) is 23.1 Å². The topological polar surface area (TPSA) is 99.9 Å². The number of sulfonamides is 1. The van der Waals surface area contributed by atoms with E-state index in [1.165, 1.54) is 19.2 Å². The van der Waals surface area contributed by atoms with Gasteiger partial charge in [-0.3, -0.25) is 0 Å². The molecule has 0 heterocycles. The van der Waals surface area contributed by atoms with E-state index in [0.717, 1.165) is 0 Å². The van der Waals surface area contributed by atoms with Gasteiger partial charge in [0.05, 0.1) is 31.8 Å². The van der Waals surface area contributed by atoms with E-state index in [1.807, 2.05) is 0 Å². The molecule has 120 valence electrons. The number of benzene rings is 1. The molecule has 1 aromatic rings. The van der Waals surface area contributed by atoms with Crippen molar-refractivity contribution >= 4 is 10.0 Å². The molecular formula is C13H22N2O5S. The van der Waals surface area contributed by atoms with E-state index in [0.29, 0.717) is 24.5 Å². The maximum atomic E-state index is 12.1. The smallest absolute Gasteiger partial charge is 0.240 e. The zero-order valence-electron chi connectivity index (χ0n) is 12.3. The van der Waals surface area contributed by atoms with Gasteiger partial charge in [-0.2, -0.15) is 0 Å². The monoisotopic (exact) mass is 318 g/mol. The normalized spacial score (nSPS) is 11.6. The summed E-state index contributed by atoms with van der Waals surface area (Å²) >= 11 is 0. The summed E-state index contributed by atoms with van der Waals surface area (Å²) in [7, 11) is -0.497. The molecule has 1 aromatic carbocycles. The molecule has 0 amide bonds. The van der Waals surface area contributed by atoms with Crippen molar-refractivity contribution in [2.75, 3.05) is 40.6 Å². The summed E-state index contributed by atoms with van der Waals surface area (Å²) in [6.45, 7) is 1.58. The second-order valence-corrected chi connectivity index (χ2v) is 5.95. The molecule has 21 heavy (non-hydrogen) atoms. The Kier molecular flexibility index (Phi) is 7.62. The summed E-state index contributed by atoms with van der Waals surface area (Å²) in [6, 6.07) is 4.57. The summed E-state index contributed by atoms with van der Waals surface area (Å²) < 4.78 is 41.8. The highest BCUT2D eigenvalue weighted by atomic mass is 32.2. The fourth-order valence-corrected chi connectivity index (χ4v) is 2.72. The first kappa shape index (κ1) is 17.9. The van der Waals surface area contributed by atoms with Crippen molar-refractivity contribution in [2.24, 2.45) is 5.73 Å². The molecule has 0 spiro atoms. The number of rotatable bonds is 10. The highest BCUT2D eigenvalue weighted by Crippen LogP contribution is 2.21. The van der Waals surface area contributed by atoms with Crippen molar-refractivity contribution < 1.29 is 22.6 Å². The fraction of sp³-hybridized carbons (Fsp3) is 0.538. The van der Waals surface area contributed by atoms with Crippen molar-refractivity contribution in [2.45, 2.75) is 11.4 Å². The van der Waals surface area contributed by atoms with Crippen LogP contribution in [0.5, 0.6) is 5.75 Å². The van der Waals surface area contributed by atoms with Gasteiger partial charge in [-0.05, 0) is 18.2 Å². The standard InChI is InChI=1S/C13H22N2O5S/c1-18-7-8-20-6-5-15-21(16,17)12-3-4-13(19-2)11(9-12)10-14/h3-4,9,15H,5-8,10,14H2,1-2H3. The van der Waals surface area contributed by atoms with Gasteiger partial charge in [-0.25, -0.2) is 13.1 Å². The van der Waals surface area contributed by atoms with Gasteiger partial charge >= 0.3 is 0 Å². The molecule has 0 aliphatic carbocycles. The first-order valence-electron chi connectivity index (χ1n) is 6.48. The lowest BCUT2D eigenvalue weighted by Gasteiger charge is -2.11. The first-order valence-corrected chi connectivity index (χ1v) is 7.96. The van der Waals surface area contributed by atoms with Gasteiger partial charge in [0.2, 0.25) is 10.0 Å². The highest BCUT2D eigenvalue weighted by Gasteiger charge is 2.15. The van der Waals surface area contributed by atoms with Crippen LogP contribution < -0.4 is 15.2 Å². The SMILES string of the molecule is COCCOCCNS(=O)(=O)c1ccc(OC)c(CN)c1. The quantitative estimate of drug-likeness (QED) is 0.593. The third-order valence-corrected chi connectivity index (χ3v) is 4.21. The lowest BCUT2D eigenvalue weighted by molar-refractivity contribution is 0.0736. The lowest BCUT2D eigenvalue weighted by Crippen LogP contribution is -2.28. The molecule has 0 aromatic heterocycles. The van der Waals surface area contributed by atoms with Crippen molar-refractivity contribution in [3.63, 3.8) is 0 Å². The van der Waals surface area contributed by atoms with E-state index in [-0.39, 0.29) is 24.6 Å². The Hall–Kier alpha value is -1.19. The Balaban J connectivity index is 2.62. The van der Waals surface area contributed by atoms with E-state index in [2.05, 4.69) is 4.72 Å². The summed E-state index contributed by atoms with van der Waals surface area (Å²) in [5.74, 6) is 0.569. The van der Waals surface area contributed by atoms with Crippen LogP contribution in [0, 0.1) is 0 Å². The molecule has 0 aliphatic heterocycles. The molecule has 0 radical (unpaired) electrons. The molecule has 0 unspecified atom stereocenters. The molecular weight excluding hydrogens is 296 g/mol. The summed E-state index contributed by atoms with van der Waals surface area (Å²) in [5, 5.41) is 0. The maximum absolute atomic E-state index is 12.1. The molecule has 1 rings (SSSR count). The van der Waals surface area contributed by atoms with Crippen LogP contribution in [0.1, 0.15) is 5.56 Å².